The van der Waals surface area contributed by atoms with Crippen LogP contribution in [0.2, 0.25) is 0 Å². The highest BCUT2D eigenvalue weighted by molar-refractivity contribution is 8.00. The molecule has 1 heterocycles. The molecule has 1 atom stereocenters. The second kappa shape index (κ2) is 8.05. The Bertz CT molecular complexity index is 970. The number of rotatable bonds is 6. The third-order valence-corrected chi connectivity index (χ3v) is 4.86. The smallest absolute Gasteiger partial charge is 0.259 e. The summed E-state index contributed by atoms with van der Waals surface area (Å²) < 4.78 is 5.11. The third kappa shape index (κ3) is 4.23. The number of benzene rings is 2. The molecule has 134 valence electrons. The van der Waals surface area contributed by atoms with E-state index in [0.29, 0.717) is 22.6 Å². The molecular weight excluding hydrogens is 350 g/mol. The van der Waals surface area contributed by atoms with Crippen LogP contribution in [0.15, 0.2) is 58.5 Å². The lowest BCUT2D eigenvalue weighted by Crippen LogP contribution is -2.30. The number of aromatic amines is 1. The van der Waals surface area contributed by atoms with Crippen molar-refractivity contribution in [2.45, 2.75) is 23.9 Å². The molecule has 0 fully saturated rings. The third-order valence-electron chi connectivity index (χ3n) is 3.87. The SMILES string of the molecule is COc1ccc(CNC(=O)[C@H](C)Sc2nc3ccccc3c(=O)[nH]2)cc1. The van der Waals surface area contributed by atoms with E-state index >= 15 is 0 Å². The van der Waals surface area contributed by atoms with Crippen molar-refractivity contribution >= 4 is 28.6 Å². The molecule has 0 saturated carbocycles. The van der Waals surface area contributed by atoms with E-state index in [2.05, 4.69) is 15.3 Å². The number of para-hydroxylation sites is 1. The number of H-pyrrole nitrogens is 1. The summed E-state index contributed by atoms with van der Waals surface area (Å²) >= 11 is 1.22. The number of ether oxygens (including phenoxy) is 1. The summed E-state index contributed by atoms with van der Waals surface area (Å²) in [6.07, 6.45) is 0. The maximum Gasteiger partial charge on any atom is 0.259 e. The fourth-order valence-corrected chi connectivity index (χ4v) is 3.25. The zero-order valence-electron chi connectivity index (χ0n) is 14.5. The maximum atomic E-state index is 12.3. The van der Waals surface area contributed by atoms with E-state index < -0.39 is 5.25 Å². The summed E-state index contributed by atoms with van der Waals surface area (Å²) in [7, 11) is 1.61. The number of hydrogen-bond donors (Lipinski definition) is 2. The Kier molecular flexibility index (Phi) is 5.58. The van der Waals surface area contributed by atoms with Gasteiger partial charge in [-0.3, -0.25) is 9.59 Å². The van der Waals surface area contributed by atoms with Gasteiger partial charge in [-0.05, 0) is 36.8 Å². The minimum atomic E-state index is -0.391. The van der Waals surface area contributed by atoms with Gasteiger partial charge in [-0.2, -0.15) is 0 Å². The van der Waals surface area contributed by atoms with Crippen molar-refractivity contribution in [3.8, 4) is 5.75 Å². The van der Waals surface area contributed by atoms with E-state index in [1.807, 2.05) is 30.3 Å². The first-order valence-corrected chi connectivity index (χ1v) is 9.01. The van der Waals surface area contributed by atoms with Crippen LogP contribution in [0.4, 0.5) is 0 Å². The van der Waals surface area contributed by atoms with Crippen molar-refractivity contribution < 1.29 is 9.53 Å². The predicted molar refractivity (Wildman–Crippen MR) is 103 cm³/mol. The van der Waals surface area contributed by atoms with Gasteiger partial charge in [0, 0.05) is 6.54 Å². The van der Waals surface area contributed by atoms with Crippen LogP contribution in [0.1, 0.15) is 12.5 Å². The van der Waals surface area contributed by atoms with E-state index in [1.54, 1.807) is 32.2 Å². The number of carbonyl (C=O) groups excluding carboxylic acids is 1. The minimum Gasteiger partial charge on any atom is -0.497 e. The lowest BCUT2D eigenvalue weighted by atomic mass is 10.2. The summed E-state index contributed by atoms with van der Waals surface area (Å²) in [5.41, 5.74) is 1.39. The molecule has 0 bridgehead atoms. The van der Waals surface area contributed by atoms with Crippen LogP contribution in [-0.4, -0.2) is 28.2 Å². The van der Waals surface area contributed by atoms with E-state index in [4.69, 9.17) is 4.74 Å². The Morgan fingerprint density at radius 3 is 2.69 bits per heavy atom. The van der Waals surface area contributed by atoms with Crippen LogP contribution in [0.25, 0.3) is 10.9 Å². The molecule has 0 radical (unpaired) electrons. The lowest BCUT2D eigenvalue weighted by molar-refractivity contribution is -0.120. The summed E-state index contributed by atoms with van der Waals surface area (Å²) in [6.45, 7) is 2.21. The lowest BCUT2D eigenvalue weighted by Gasteiger charge is -2.12. The highest BCUT2D eigenvalue weighted by atomic mass is 32.2. The average molecular weight is 369 g/mol. The molecule has 2 aromatic carbocycles. The molecule has 0 aliphatic carbocycles. The number of hydrogen-bond acceptors (Lipinski definition) is 5. The highest BCUT2D eigenvalue weighted by Crippen LogP contribution is 2.20. The molecule has 1 aromatic heterocycles. The van der Waals surface area contributed by atoms with E-state index in [1.165, 1.54) is 11.8 Å². The number of thioether (sulfide) groups is 1. The van der Waals surface area contributed by atoms with Gasteiger partial charge in [0.2, 0.25) is 5.91 Å². The fourth-order valence-electron chi connectivity index (χ4n) is 2.42. The molecule has 0 saturated heterocycles. The molecule has 7 heteroatoms. The average Bonchev–Trinajstić information content (AvgIpc) is 2.66. The van der Waals surface area contributed by atoms with Gasteiger partial charge in [0.05, 0.1) is 23.3 Å². The van der Waals surface area contributed by atoms with Crippen molar-refractivity contribution in [3.63, 3.8) is 0 Å². The molecule has 0 unspecified atom stereocenters. The van der Waals surface area contributed by atoms with Gasteiger partial charge in [-0.25, -0.2) is 4.98 Å². The quantitative estimate of drug-likeness (QED) is 0.516. The largest absolute Gasteiger partial charge is 0.497 e. The van der Waals surface area contributed by atoms with Gasteiger partial charge in [0.15, 0.2) is 5.16 Å². The standard InChI is InChI=1S/C19H19N3O3S/c1-12(17(23)20-11-13-7-9-14(25-2)10-8-13)26-19-21-16-6-4-3-5-15(16)18(24)22-19/h3-10,12H,11H2,1-2H3,(H,20,23)(H,21,22,24)/t12-/m0/s1. The van der Waals surface area contributed by atoms with Gasteiger partial charge >= 0.3 is 0 Å². The maximum absolute atomic E-state index is 12.3. The zero-order chi connectivity index (χ0) is 18.5. The highest BCUT2D eigenvalue weighted by Gasteiger charge is 2.16. The van der Waals surface area contributed by atoms with E-state index in [9.17, 15) is 9.59 Å². The first-order chi connectivity index (χ1) is 12.6. The van der Waals surface area contributed by atoms with Crippen LogP contribution < -0.4 is 15.6 Å². The van der Waals surface area contributed by atoms with Gasteiger partial charge in [-0.1, -0.05) is 36.0 Å². The van der Waals surface area contributed by atoms with Crippen molar-refractivity contribution in [2.24, 2.45) is 0 Å². The molecule has 1 amide bonds. The van der Waals surface area contributed by atoms with Gasteiger partial charge in [-0.15, -0.1) is 0 Å². The summed E-state index contributed by atoms with van der Waals surface area (Å²) in [4.78, 5) is 31.5. The van der Waals surface area contributed by atoms with Crippen molar-refractivity contribution in [1.82, 2.24) is 15.3 Å². The number of amides is 1. The number of nitrogens with one attached hydrogen (secondary N) is 2. The van der Waals surface area contributed by atoms with E-state index in [-0.39, 0.29) is 11.5 Å². The Morgan fingerprint density at radius 2 is 1.96 bits per heavy atom. The van der Waals surface area contributed by atoms with Crippen LogP contribution in [0.5, 0.6) is 5.75 Å². The molecule has 0 spiro atoms. The zero-order valence-corrected chi connectivity index (χ0v) is 15.3. The Balaban J connectivity index is 1.62. The summed E-state index contributed by atoms with van der Waals surface area (Å²) in [5.74, 6) is 0.650. The van der Waals surface area contributed by atoms with Crippen LogP contribution >= 0.6 is 11.8 Å². The Morgan fingerprint density at radius 1 is 1.23 bits per heavy atom. The summed E-state index contributed by atoms with van der Waals surface area (Å²) in [5, 5.41) is 3.46. The molecule has 0 aliphatic rings. The molecule has 2 N–H and O–H groups in total. The fraction of sp³-hybridized carbons (Fsp3) is 0.211. The first kappa shape index (κ1) is 18.0. The normalized spacial score (nSPS) is 11.9. The Labute approximate surface area is 155 Å². The summed E-state index contributed by atoms with van der Waals surface area (Å²) in [6, 6.07) is 14.6. The topological polar surface area (TPSA) is 84.1 Å². The molecule has 6 nitrogen and oxygen atoms in total. The van der Waals surface area contributed by atoms with Crippen molar-refractivity contribution in [1.29, 1.82) is 0 Å². The number of nitrogens with zero attached hydrogens (tertiary/aromatic N) is 1. The van der Waals surface area contributed by atoms with Gasteiger partial charge in [0.25, 0.3) is 5.56 Å². The molecule has 0 aliphatic heterocycles. The second-order valence-electron chi connectivity index (χ2n) is 5.71. The molecule has 26 heavy (non-hydrogen) atoms. The number of methoxy groups -OCH3 is 1. The van der Waals surface area contributed by atoms with Gasteiger partial charge in [0.1, 0.15) is 5.75 Å². The minimum absolute atomic E-state index is 0.123. The van der Waals surface area contributed by atoms with Crippen LogP contribution in [-0.2, 0) is 11.3 Å². The number of carbonyl (C=O) groups is 1. The Hall–Kier alpha value is -2.80. The van der Waals surface area contributed by atoms with Crippen molar-refractivity contribution in [3.05, 3.63) is 64.4 Å². The molecule has 3 aromatic rings. The number of fused-ring (bicyclic) bond motifs is 1. The van der Waals surface area contributed by atoms with E-state index in [0.717, 1.165) is 11.3 Å². The molecular formula is C19H19N3O3S. The van der Waals surface area contributed by atoms with Gasteiger partial charge < -0.3 is 15.0 Å². The van der Waals surface area contributed by atoms with Crippen LogP contribution in [0, 0.1) is 0 Å². The first-order valence-electron chi connectivity index (χ1n) is 8.13. The predicted octanol–water partition coefficient (Wildman–Crippen LogP) is 2.73. The monoisotopic (exact) mass is 369 g/mol. The van der Waals surface area contributed by atoms with Crippen molar-refractivity contribution in [2.75, 3.05) is 7.11 Å². The number of aromatic nitrogens is 2. The second-order valence-corrected chi connectivity index (χ2v) is 7.04. The van der Waals surface area contributed by atoms with Crippen LogP contribution in [0.3, 0.4) is 0 Å². The molecule has 3 rings (SSSR count).